The molecule has 0 atom stereocenters. The van der Waals surface area contributed by atoms with E-state index in [0.717, 1.165) is 4.90 Å². The lowest BCUT2D eigenvalue weighted by Gasteiger charge is -2.34. The third-order valence-corrected chi connectivity index (χ3v) is 6.70. The van der Waals surface area contributed by atoms with Gasteiger partial charge in [-0.1, -0.05) is 27.7 Å². The third-order valence-electron chi connectivity index (χ3n) is 6.70. The summed E-state index contributed by atoms with van der Waals surface area (Å²) in [6, 6.07) is 1.39. The molecule has 0 saturated heterocycles. The minimum absolute atomic E-state index is 0.0412. The number of nitrogens with zero attached hydrogens (tertiary/aromatic N) is 2. The number of amides is 2. The second kappa shape index (κ2) is 12.2. The Kier molecular flexibility index (Phi) is 10.8. The molecule has 12 heteroatoms. The fourth-order valence-electron chi connectivity index (χ4n) is 3.70. The lowest BCUT2D eigenvalue weighted by molar-refractivity contribution is -0.376. The molecular weight excluding hydrogens is 518 g/mol. The highest BCUT2D eigenvalue weighted by atomic mass is 19.4. The Morgan fingerprint density at radius 1 is 0.947 bits per heavy atom. The van der Waals surface area contributed by atoms with Crippen LogP contribution in [-0.2, 0) is 15.2 Å². The number of hydrogen-bond donors (Lipinski definition) is 1. The number of unbranched alkanes of at least 4 members (excludes halogenated alkanes) is 1. The number of halogens is 6. The molecule has 0 unspecified atom stereocenters. The van der Waals surface area contributed by atoms with Crippen molar-refractivity contribution in [2.45, 2.75) is 89.7 Å². The van der Waals surface area contributed by atoms with Crippen molar-refractivity contribution in [3.8, 4) is 5.75 Å². The van der Waals surface area contributed by atoms with Crippen molar-refractivity contribution < 1.29 is 45.8 Å². The van der Waals surface area contributed by atoms with E-state index in [-0.39, 0.29) is 35.9 Å². The molecule has 0 bridgehead atoms. The van der Waals surface area contributed by atoms with Gasteiger partial charge in [0.05, 0.1) is 12.1 Å². The highest BCUT2D eigenvalue weighted by Crippen LogP contribution is 2.52. The second-order valence-corrected chi connectivity index (χ2v) is 10.6. The normalized spacial score (nSPS) is 13.4. The maximum Gasteiger partial charge on any atom is 0.430 e. The summed E-state index contributed by atoms with van der Waals surface area (Å²) < 4.78 is 87.2. The van der Waals surface area contributed by atoms with Gasteiger partial charge in [-0.3, -0.25) is 19.4 Å². The van der Waals surface area contributed by atoms with Crippen molar-refractivity contribution in [2.24, 2.45) is 0 Å². The lowest BCUT2D eigenvalue weighted by atomic mass is 9.84. The maximum atomic E-state index is 13.6. The molecule has 1 aromatic rings. The molecule has 0 radical (unpaired) electrons. The summed E-state index contributed by atoms with van der Waals surface area (Å²) in [6.07, 6.45) is -10.8. The van der Waals surface area contributed by atoms with Crippen molar-refractivity contribution in [3.05, 3.63) is 28.8 Å². The standard InChI is InChI=1S/C26H38F6N2O4/c1-16(2)19-13-18(24(37,25(27,28)29)26(30,31)32)14-20(17(3)4)21(19)38-12-10-9-11-34(15-35)22(36)23(5,6)33(7)8/h13-17,37H,9-12H2,1-8H3. The van der Waals surface area contributed by atoms with Crippen LogP contribution in [0.25, 0.3) is 0 Å². The molecular formula is C26H38F6N2O4. The Balaban J connectivity index is 3.24. The van der Waals surface area contributed by atoms with Gasteiger partial charge in [0.1, 0.15) is 5.75 Å². The van der Waals surface area contributed by atoms with Gasteiger partial charge in [-0.15, -0.1) is 0 Å². The van der Waals surface area contributed by atoms with E-state index in [2.05, 4.69) is 0 Å². The fourth-order valence-corrected chi connectivity index (χ4v) is 3.70. The summed E-state index contributed by atoms with van der Waals surface area (Å²) in [5.41, 5.74) is -7.09. The van der Waals surface area contributed by atoms with Gasteiger partial charge >= 0.3 is 12.4 Å². The molecule has 0 aliphatic heterocycles. The van der Waals surface area contributed by atoms with Crippen molar-refractivity contribution >= 4 is 12.3 Å². The van der Waals surface area contributed by atoms with E-state index in [1.807, 2.05) is 0 Å². The summed E-state index contributed by atoms with van der Waals surface area (Å²) >= 11 is 0. The Hall–Kier alpha value is -2.34. The SMILES string of the molecule is CC(C)c1cc(C(O)(C(F)(F)F)C(F)(F)F)cc(C(C)C)c1OCCCCN(C=O)C(=O)C(C)(C)N(C)C. The van der Waals surface area contributed by atoms with Crippen LogP contribution in [0, 0.1) is 0 Å². The number of aliphatic hydroxyl groups is 1. The number of ether oxygens (including phenoxy) is 1. The second-order valence-electron chi connectivity index (χ2n) is 10.6. The number of carbonyl (C=O) groups is 2. The number of imide groups is 1. The zero-order valence-electron chi connectivity index (χ0n) is 23.0. The summed E-state index contributed by atoms with van der Waals surface area (Å²) in [5, 5.41) is 9.96. The zero-order valence-corrected chi connectivity index (χ0v) is 23.0. The average molecular weight is 557 g/mol. The van der Waals surface area contributed by atoms with Crippen LogP contribution in [0.5, 0.6) is 5.75 Å². The van der Waals surface area contributed by atoms with Crippen molar-refractivity contribution in [2.75, 3.05) is 27.2 Å². The van der Waals surface area contributed by atoms with Crippen molar-refractivity contribution in [1.82, 2.24) is 9.80 Å². The number of rotatable bonds is 12. The lowest BCUT2D eigenvalue weighted by Crippen LogP contribution is -2.54. The van der Waals surface area contributed by atoms with Gasteiger partial charge in [-0.05, 0) is 75.9 Å². The molecule has 0 spiro atoms. The first kappa shape index (κ1) is 33.7. The molecule has 0 aromatic heterocycles. The molecule has 1 N–H and O–H groups in total. The highest BCUT2D eigenvalue weighted by molar-refractivity contribution is 5.92. The van der Waals surface area contributed by atoms with E-state index in [1.165, 1.54) is 0 Å². The molecule has 0 aliphatic carbocycles. The molecule has 0 saturated carbocycles. The Morgan fingerprint density at radius 3 is 1.74 bits per heavy atom. The fraction of sp³-hybridized carbons (Fsp3) is 0.692. The predicted octanol–water partition coefficient (Wildman–Crippen LogP) is 5.73. The van der Waals surface area contributed by atoms with Crippen molar-refractivity contribution in [1.29, 1.82) is 0 Å². The summed E-state index contributed by atoms with van der Waals surface area (Å²) in [4.78, 5) is 26.9. The molecule has 2 amide bonds. The molecule has 0 heterocycles. The Labute approximate surface area is 219 Å². The minimum atomic E-state index is -6.00. The quantitative estimate of drug-likeness (QED) is 0.202. The van der Waals surface area contributed by atoms with Crippen LogP contribution in [0.1, 0.15) is 82.9 Å². The molecule has 1 rings (SSSR count). The van der Waals surface area contributed by atoms with Gasteiger partial charge in [-0.25, -0.2) is 0 Å². The predicted molar refractivity (Wildman–Crippen MR) is 131 cm³/mol. The molecule has 0 fully saturated rings. The van der Waals surface area contributed by atoms with E-state index < -0.39 is 40.9 Å². The van der Waals surface area contributed by atoms with E-state index in [0.29, 0.717) is 31.4 Å². The van der Waals surface area contributed by atoms with Crippen LogP contribution in [0.3, 0.4) is 0 Å². The van der Waals surface area contributed by atoms with Crippen LogP contribution >= 0.6 is 0 Å². The first-order valence-corrected chi connectivity index (χ1v) is 12.2. The van der Waals surface area contributed by atoms with Gasteiger partial charge in [0.2, 0.25) is 12.3 Å². The number of alkyl halides is 6. The average Bonchev–Trinajstić information content (AvgIpc) is 2.78. The zero-order chi connectivity index (χ0) is 29.9. The van der Waals surface area contributed by atoms with Crippen LogP contribution in [-0.4, -0.2) is 72.4 Å². The molecule has 6 nitrogen and oxygen atoms in total. The van der Waals surface area contributed by atoms with Gasteiger partial charge < -0.3 is 9.84 Å². The van der Waals surface area contributed by atoms with E-state index in [1.54, 1.807) is 60.5 Å². The monoisotopic (exact) mass is 556 g/mol. The van der Waals surface area contributed by atoms with Crippen LogP contribution < -0.4 is 4.74 Å². The Morgan fingerprint density at radius 2 is 1.39 bits per heavy atom. The number of likely N-dealkylation sites (N-methyl/N-ethyl adjacent to an activating group) is 1. The minimum Gasteiger partial charge on any atom is -0.493 e. The summed E-state index contributed by atoms with van der Waals surface area (Å²) in [5.74, 6) is -1.28. The van der Waals surface area contributed by atoms with Crippen LogP contribution in [0.15, 0.2) is 12.1 Å². The van der Waals surface area contributed by atoms with E-state index in [4.69, 9.17) is 4.74 Å². The van der Waals surface area contributed by atoms with Gasteiger partial charge in [0.15, 0.2) is 0 Å². The summed E-state index contributed by atoms with van der Waals surface area (Å²) in [6.45, 7) is 9.88. The van der Waals surface area contributed by atoms with Gasteiger partial charge in [0.25, 0.3) is 5.60 Å². The first-order valence-electron chi connectivity index (χ1n) is 12.2. The van der Waals surface area contributed by atoms with E-state index in [9.17, 15) is 41.0 Å². The van der Waals surface area contributed by atoms with Crippen LogP contribution in [0.2, 0.25) is 0 Å². The first-order chi connectivity index (χ1) is 17.1. The smallest absolute Gasteiger partial charge is 0.430 e. The Bertz CT molecular complexity index is 928. The largest absolute Gasteiger partial charge is 0.493 e. The molecule has 0 aliphatic rings. The number of hydrogen-bond acceptors (Lipinski definition) is 5. The number of benzene rings is 1. The van der Waals surface area contributed by atoms with E-state index >= 15 is 0 Å². The summed E-state index contributed by atoms with van der Waals surface area (Å²) in [7, 11) is 3.42. The molecule has 218 valence electrons. The van der Waals surface area contributed by atoms with Crippen molar-refractivity contribution in [3.63, 3.8) is 0 Å². The van der Waals surface area contributed by atoms with Gasteiger partial charge in [0, 0.05) is 12.1 Å². The van der Waals surface area contributed by atoms with Crippen LogP contribution in [0.4, 0.5) is 26.3 Å². The molecule has 1 aromatic carbocycles. The highest BCUT2D eigenvalue weighted by Gasteiger charge is 2.71. The topological polar surface area (TPSA) is 70.1 Å². The van der Waals surface area contributed by atoms with Gasteiger partial charge in [-0.2, -0.15) is 26.3 Å². The maximum absolute atomic E-state index is 13.6. The molecule has 38 heavy (non-hydrogen) atoms. The number of carbonyl (C=O) groups excluding carboxylic acids is 2. The third kappa shape index (κ3) is 6.99.